The summed E-state index contributed by atoms with van der Waals surface area (Å²) in [5.74, 6) is 1.95. The molecule has 1 heterocycles. The summed E-state index contributed by atoms with van der Waals surface area (Å²) in [7, 11) is 0. The first-order chi connectivity index (χ1) is 5.38. The minimum atomic E-state index is 0.971. The van der Waals surface area contributed by atoms with Crippen molar-refractivity contribution < 1.29 is 0 Å². The van der Waals surface area contributed by atoms with Crippen molar-refractivity contribution in [1.29, 1.82) is 0 Å². The zero-order valence-electron chi connectivity index (χ0n) is 7.90. The highest BCUT2D eigenvalue weighted by atomic mass is 14.9. The summed E-state index contributed by atoms with van der Waals surface area (Å²) >= 11 is 0. The van der Waals surface area contributed by atoms with Crippen LogP contribution in [0.1, 0.15) is 39.5 Å². The van der Waals surface area contributed by atoms with Crippen molar-refractivity contribution in [3.8, 4) is 0 Å². The van der Waals surface area contributed by atoms with E-state index >= 15 is 0 Å². The fourth-order valence-electron chi connectivity index (χ4n) is 2.24. The highest BCUT2D eigenvalue weighted by Gasteiger charge is 2.19. The van der Waals surface area contributed by atoms with E-state index in [-0.39, 0.29) is 0 Å². The van der Waals surface area contributed by atoms with Crippen molar-refractivity contribution in [2.45, 2.75) is 39.5 Å². The maximum Gasteiger partial charge on any atom is -0.00179 e. The van der Waals surface area contributed by atoms with Crippen molar-refractivity contribution in [2.24, 2.45) is 11.8 Å². The average Bonchev–Trinajstić information content (AvgIpc) is 2.09. The van der Waals surface area contributed by atoms with E-state index in [2.05, 4.69) is 19.2 Å². The molecule has 0 unspecified atom stereocenters. The van der Waals surface area contributed by atoms with Crippen molar-refractivity contribution in [2.75, 3.05) is 13.1 Å². The molecule has 1 saturated heterocycles. The molecule has 0 amide bonds. The maximum atomic E-state index is 3.48. The van der Waals surface area contributed by atoms with Gasteiger partial charge in [-0.1, -0.05) is 26.7 Å². The Morgan fingerprint density at radius 1 is 1.36 bits per heavy atom. The first kappa shape index (κ1) is 9.05. The Morgan fingerprint density at radius 3 is 2.55 bits per heavy atom. The fourth-order valence-corrected chi connectivity index (χ4v) is 2.24. The van der Waals surface area contributed by atoms with E-state index < -0.39 is 0 Å². The standard InChI is InChI=1S/C10H21N/c1-3-9(4-2)10-6-5-7-11-8-10/h9-11H,3-8H2,1-2H3/t10-/m0/s1. The Bertz CT molecular complexity index is 91.0. The second kappa shape index (κ2) is 4.76. The zero-order valence-corrected chi connectivity index (χ0v) is 7.90. The molecule has 1 atom stereocenters. The molecular formula is C10H21N. The molecule has 0 aromatic heterocycles. The van der Waals surface area contributed by atoms with E-state index in [1.807, 2.05) is 0 Å². The van der Waals surface area contributed by atoms with Crippen molar-refractivity contribution in [1.82, 2.24) is 5.32 Å². The molecule has 0 aromatic rings. The molecule has 0 saturated carbocycles. The van der Waals surface area contributed by atoms with Crippen LogP contribution in [0, 0.1) is 11.8 Å². The van der Waals surface area contributed by atoms with Gasteiger partial charge in [-0.2, -0.15) is 0 Å². The monoisotopic (exact) mass is 155 g/mol. The van der Waals surface area contributed by atoms with Crippen molar-refractivity contribution >= 4 is 0 Å². The van der Waals surface area contributed by atoms with Gasteiger partial charge in [-0.15, -0.1) is 0 Å². The Kier molecular flexibility index (Phi) is 3.92. The highest BCUT2D eigenvalue weighted by molar-refractivity contribution is 4.74. The van der Waals surface area contributed by atoms with Crippen LogP contribution < -0.4 is 5.32 Å². The lowest BCUT2D eigenvalue weighted by atomic mass is 9.83. The van der Waals surface area contributed by atoms with Gasteiger partial charge in [-0.3, -0.25) is 0 Å². The van der Waals surface area contributed by atoms with E-state index in [0.717, 1.165) is 11.8 Å². The van der Waals surface area contributed by atoms with Gasteiger partial charge in [-0.25, -0.2) is 0 Å². The third kappa shape index (κ3) is 2.48. The van der Waals surface area contributed by atoms with E-state index in [9.17, 15) is 0 Å². The van der Waals surface area contributed by atoms with E-state index in [1.165, 1.54) is 38.8 Å². The predicted octanol–water partition coefficient (Wildman–Crippen LogP) is 2.42. The van der Waals surface area contributed by atoms with Crippen LogP contribution in [0.4, 0.5) is 0 Å². The Hall–Kier alpha value is -0.0400. The molecule has 1 rings (SSSR count). The molecule has 1 aliphatic rings. The first-order valence-electron chi connectivity index (χ1n) is 5.09. The summed E-state index contributed by atoms with van der Waals surface area (Å²) in [5, 5.41) is 3.48. The molecule has 0 radical (unpaired) electrons. The van der Waals surface area contributed by atoms with Gasteiger partial charge in [0, 0.05) is 0 Å². The van der Waals surface area contributed by atoms with E-state index in [0.29, 0.717) is 0 Å². The molecule has 0 aliphatic carbocycles. The number of rotatable bonds is 3. The van der Waals surface area contributed by atoms with Crippen molar-refractivity contribution in [3.05, 3.63) is 0 Å². The fraction of sp³-hybridized carbons (Fsp3) is 1.00. The van der Waals surface area contributed by atoms with Crippen LogP contribution >= 0.6 is 0 Å². The smallest absolute Gasteiger partial charge is 0.00179 e. The summed E-state index contributed by atoms with van der Waals surface area (Å²) < 4.78 is 0. The minimum Gasteiger partial charge on any atom is -0.316 e. The normalized spacial score (nSPS) is 25.9. The topological polar surface area (TPSA) is 12.0 Å². The molecule has 66 valence electrons. The first-order valence-corrected chi connectivity index (χ1v) is 5.09. The lowest BCUT2D eigenvalue weighted by Gasteiger charge is -2.29. The van der Waals surface area contributed by atoms with E-state index in [1.54, 1.807) is 0 Å². The molecular weight excluding hydrogens is 134 g/mol. The van der Waals surface area contributed by atoms with Crippen LogP contribution in [0.15, 0.2) is 0 Å². The van der Waals surface area contributed by atoms with Gasteiger partial charge in [0.15, 0.2) is 0 Å². The summed E-state index contributed by atoms with van der Waals surface area (Å²) in [6.07, 6.45) is 5.58. The highest BCUT2D eigenvalue weighted by Crippen LogP contribution is 2.24. The minimum absolute atomic E-state index is 0.971. The van der Waals surface area contributed by atoms with Gasteiger partial charge < -0.3 is 5.32 Å². The SMILES string of the molecule is CCC(CC)[C@H]1CCCNC1. The molecule has 0 aromatic carbocycles. The second-order valence-electron chi connectivity index (χ2n) is 3.68. The Labute approximate surface area is 70.6 Å². The summed E-state index contributed by atoms with van der Waals surface area (Å²) in [4.78, 5) is 0. The van der Waals surface area contributed by atoms with Gasteiger partial charge in [0.05, 0.1) is 0 Å². The van der Waals surface area contributed by atoms with E-state index in [4.69, 9.17) is 0 Å². The zero-order chi connectivity index (χ0) is 8.10. The maximum absolute atomic E-state index is 3.48. The number of hydrogen-bond donors (Lipinski definition) is 1. The van der Waals surface area contributed by atoms with Crippen LogP contribution in [0.2, 0.25) is 0 Å². The Balaban J connectivity index is 2.30. The molecule has 0 spiro atoms. The lowest BCUT2D eigenvalue weighted by Crippen LogP contribution is -2.33. The molecule has 1 heteroatoms. The quantitative estimate of drug-likeness (QED) is 0.660. The molecule has 1 aliphatic heterocycles. The van der Waals surface area contributed by atoms with Gasteiger partial charge in [0.1, 0.15) is 0 Å². The third-order valence-electron chi connectivity index (χ3n) is 3.05. The summed E-state index contributed by atoms with van der Waals surface area (Å²) in [6, 6.07) is 0. The number of nitrogens with one attached hydrogen (secondary N) is 1. The Morgan fingerprint density at radius 2 is 2.09 bits per heavy atom. The molecule has 0 bridgehead atoms. The third-order valence-corrected chi connectivity index (χ3v) is 3.05. The van der Waals surface area contributed by atoms with Gasteiger partial charge in [0.25, 0.3) is 0 Å². The number of piperidine rings is 1. The average molecular weight is 155 g/mol. The van der Waals surface area contributed by atoms with Crippen LogP contribution in [-0.4, -0.2) is 13.1 Å². The molecule has 1 N–H and O–H groups in total. The van der Waals surface area contributed by atoms with Crippen LogP contribution in [0.3, 0.4) is 0 Å². The predicted molar refractivity (Wildman–Crippen MR) is 49.7 cm³/mol. The largest absolute Gasteiger partial charge is 0.316 e. The van der Waals surface area contributed by atoms with Gasteiger partial charge >= 0.3 is 0 Å². The summed E-state index contributed by atoms with van der Waals surface area (Å²) in [6.45, 7) is 7.16. The number of hydrogen-bond acceptors (Lipinski definition) is 1. The molecule has 11 heavy (non-hydrogen) atoms. The molecule has 1 nitrogen and oxygen atoms in total. The van der Waals surface area contributed by atoms with Gasteiger partial charge in [0.2, 0.25) is 0 Å². The summed E-state index contributed by atoms with van der Waals surface area (Å²) in [5.41, 5.74) is 0. The van der Waals surface area contributed by atoms with Crippen LogP contribution in [-0.2, 0) is 0 Å². The van der Waals surface area contributed by atoms with Gasteiger partial charge in [-0.05, 0) is 37.8 Å². The van der Waals surface area contributed by atoms with Crippen LogP contribution in [0.5, 0.6) is 0 Å². The lowest BCUT2D eigenvalue weighted by molar-refractivity contribution is 0.251. The molecule has 1 fully saturated rings. The van der Waals surface area contributed by atoms with Crippen LogP contribution in [0.25, 0.3) is 0 Å². The second-order valence-corrected chi connectivity index (χ2v) is 3.68. The van der Waals surface area contributed by atoms with Crippen molar-refractivity contribution in [3.63, 3.8) is 0 Å².